The number of carbonyl (C=O) groups excluding carboxylic acids is 1. The third kappa shape index (κ3) is 3.38. The van der Waals surface area contributed by atoms with Crippen LogP contribution in [-0.4, -0.2) is 24.4 Å². The molecule has 0 aliphatic rings. The molecule has 1 rings (SSSR count). The van der Waals surface area contributed by atoms with Crippen molar-refractivity contribution in [3.8, 4) is 0 Å². The SMILES string of the molecule is O=C(Nc1c(F)cccc1Cl)OCCO. The van der Waals surface area contributed by atoms with E-state index in [1.54, 1.807) is 0 Å². The third-order valence-corrected chi connectivity index (χ3v) is 1.83. The molecule has 2 N–H and O–H groups in total. The molecule has 0 saturated heterocycles. The molecule has 0 saturated carbocycles. The Labute approximate surface area is 90.6 Å². The van der Waals surface area contributed by atoms with Crippen molar-refractivity contribution in [1.82, 2.24) is 0 Å². The summed E-state index contributed by atoms with van der Waals surface area (Å²) >= 11 is 5.65. The van der Waals surface area contributed by atoms with Gasteiger partial charge in [-0.1, -0.05) is 17.7 Å². The molecule has 1 aromatic carbocycles. The highest BCUT2D eigenvalue weighted by atomic mass is 35.5. The van der Waals surface area contributed by atoms with Crippen LogP contribution < -0.4 is 5.32 Å². The lowest BCUT2D eigenvalue weighted by molar-refractivity contribution is 0.131. The van der Waals surface area contributed by atoms with Crippen LogP contribution in [0.5, 0.6) is 0 Å². The number of rotatable bonds is 3. The fourth-order valence-electron chi connectivity index (χ4n) is 0.894. The van der Waals surface area contributed by atoms with Gasteiger partial charge in [-0.25, -0.2) is 9.18 Å². The van der Waals surface area contributed by atoms with E-state index in [4.69, 9.17) is 16.7 Å². The van der Waals surface area contributed by atoms with Crippen molar-refractivity contribution >= 4 is 23.4 Å². The molecule has 4 nitrogen and oxygen atoms in total. The lowest BCUT2D eigenvalue weighted by Gasteiger charge is -2.07. The Kier molecular flexibility index (Phi) is 4.33. The first-order valence-corrected chi connectivity index (χ1v) is 4.51. The number of aliphatic hydroxyl groups excluding tert-OH is 1. The Balaban J connectivity index is 2.68. The Bertz CT molecular complexity index is 339. The van der Waals surface area contributed by atoms with E-state index in [9.17, 15) is 9.18 Å². The number of hydrogen-bond donors (Lipinski definition) is 2. The minimum absolute atomic E-state index is 0.0796. The van der Waals surface area contributed by atoms with Crippen molar-refractivity contribution in [3.63, 3.8) is 0 Å². The summed E-state index contributed by atoms with van der Waals surface area (Å²) in [5.74, 6) is -0.650. The van der Waals surface area contributed by atoms with Crippen molar-refractivity contribution in [2.24, 2.45) is 0 Å². The Hall–Kier alpha value is -1.33. The molecule has 6 heteroatoms. The van der Waals surface area contributed by atoms with Gasteiger partial charge in [0.2, 0.25) is 0 Å². The van der Waals surface area contributed by atoms with Crippen molar-refractivity contribution in [3.05, 3.63) is 29.0 Å². The standard InChI is InChI=1S/C9H9ClFNO3/c10-6-2-1-3-7(11)8(6)12-9(14)15-5-4-13/h1-3,13H,4-5H2,(H,12,14). The molecule has 0 spiro atoms. The number of aliphatic hydroxyl groups is 1. The van der Waals surface area contributed by atoms with Crippen LogP contribution in [-0.2, 0) is 4.74 Å². The van der Waals surface area contributed by atoms with Gasteiger partial charge >= 0.3 is 6.09 Å². The second-order valence-corrected chi connectivity index (χ2v) is 2.99. The average Bonchev–Trinajstić information content (AvgIpc) is 2.21. The van der Waals surface area contributed by atoms with E-state index in [0.717, 1.165) is 6.07 Å². The van der Waals surface area contributed by atoms with Crippen LogP contribution >= 0.6 is 11.6 Å². The lowest BCUT2D eigenvalue weighted by atomic mass is 10.3. The zero-order valence-electron chi connectivity index (χ0n) is 7.67. The van der Waals surface area contributed by atoms with Gasteiger partial charge < -0.3 is 9.84 Å². The molecule has 0 atom stereocenters. The summed E-state index contributed by atoms with van der Waals surface area (Å²) in [6, 6.07) is 4.02. The molecule has 0 aromatic heterocycles. The van der Waals surface area contributed by atoms with Crippen molar-refractivity contribution in [1.29, 1.82) is 0 Å². The molecular weight excluding hydrogens is 225 g/mol. The summed E-state index contributed by atoms with van der Waals surface area (Å²) in [5, 5.41) is 10.6. The van der Waals surface area contributed by atoms with Crippen LogP contribution in [0.4, 0.5) is 14.9 Å². The zero-order chi connectivity index (χ0) is 11.3. The maximum atomic E-state index is 13.1. The first-order chi connectivity index (χ1) is 7.15. The number of hydrogen-bond acceptors (Lipinski definition) is 3. The first-order valence-electron chi connectivity index (χ1n) is 4.14. The van der Waals surface area contributed by atoms with Gasteiger partial charge in [0.25, 0.3) is 0 Å². The molecule has 15 heavy (non-hydrogen) atoms. The maximum Gasteiger partial charge on any atom is 0.411 e. The second-order valence-electron chi connectivity index (χ2n) is 2.58. The molecule has 82 valence electrons. The molecular formula is C9H9ClFNO3. The molecule has 0 aliphatic carbocycles. The number of ether oxygens (including phenoxy) is 1. The smallest absolute Gasteiger partial charge is 0.411 e. The van der Waals surface area contributed by atoms with E-state index in [2.05, 4.69) is 10.1 Å². The van der Waals surface area contributed by atoms with Crippen LogP contribution in [0.15, 0.2) is 18.2 Å². The van der Waals surface area contributed by atoms with E-state index >= 15 is 0 Å². The van der Waals surface area contributed by atoms with E-state index in [-0.39, 0.29) is 23.9 Å². The van der Waals surface area contributed by atoms with Crippen LogP contribution in [0, 0.1) is 5.82 Å². The average molecular weight is 234 g/mol. The van der Waals surface area contributed by atoms with E-state index in [0.29, 0.717) is 0 Å². The molecule has 0 radical (unpaired) electrons. The van der Waals surface area contributed by atoms with Gasteiger partial charge in [0.1, 0.15) is 12.4 Å². The first kappa shape index (κ1) is 11.7. The predicted molar refractivity (Wildman–Crippen MR) is 53.5 cm³/mol. The van der Waals surface area contributed by atoms with Crippen molar-refractivity contribution in [2.45, 2.75) is 0 Å². The number of nitrogens with one attached hydrogen (secondary N) is 1. The van der Waals surface area contributed by atoms with Crippen LogP contribution in [0.3, 0.4) is 0 Å². The Morgan fingerprint density at radius 2 is 2.33 bits per heavy atom. The van der Waals surface area contributed by atoms with Crippen LogP contribution in [0.25, 0.3) is 0 Å². The number of anilines is 1. The summed E-state index contributed by atoms with van der Waals surface area (Å²) in [6.07, 6.45) is -0.865. The zero-order valence-corrected chi connectivity index (χ0v) is 8.42. The summed E-state index contributed by atoms with van der Waals surface area (Å²) in [4.78, 5) is 11.0. The number of para-hydroxylation sites is 1. The van der Waals surface area contributed by atoms with Crippen LogP contribution in [0.1, 0.15) is 0 Å². The van der Waals surface area contributed by atoms with Gasteiger partial charge in [-0.2, -0.15) is 0 Å². The van der Waals surface area contributed by atoms with Crippen LogP contribution in [0.2, 0.25) is 5.02 Å². The Morgan fingerprint density at radius 3 is 2.93 bits per heavy atom. The summed E-state index contributed by atoms with van der Waals surface area (Å²) < 4.78 is 17.6. The lowest BCUT2D eigenvalue weighted by Crippen LogP contribution is -2.16. The Morgan fingerprint density at radius 1 is 1.60 bits per heavy atom. The molecule has 1 amide bonds. The van der Waals surface area contributed by atoms with Gasteiger partial charge in [0.05, 0.1) is 17.3 Å². The quantitative estimate of drug-likeness (QED) is 0.840. The minimum atomic E-state index is -0.865. The largest absolute Gasteiger partial charge is 0.447 e. The summed E-state index contributed by atoms with van der Waals surface area (Å²) in [5.41, 5.74) is -0.137. The monoisotopic (exact) mass is 233 g/mol. The highest BCUT2D eigenvalue weighted by Gasteiger charge is 2.10. The number of halogens is 2. The van der Waals surface area contributed by atoms with E-state index < -0.39 is 11.9 Å². The molecule has 0 aliphatic heterocycles. The number of amides is 1. The predicted octanol–water partition coefficient (Wildman–Crippen LogP) is 2.02. The molecule has 0 fully saturated rings. The van der Waals surface area contributed by atoms with Gasteiger partial charge in [0, 0.05) is 0 Å². The third-order valence-electron chi connectivity index (χ3n) is 1.51. The van der Waals surface area contributed by atoms with Crippen molar-refractivity contribution in [2.75, 3.05) is 18.5 Å². The van der Waals surface area contributed by atoms with Gasteiger partial charge in [0.15, 0.2) is 0 Å². The highest BCUT2D eigenvalue weighted by molar-refractivity contribution is 6.33. The minimum Gasteiger partial charge on any atom is -0.447 e. The maximum absolute atomic E-state index is 13.1. The molecule has 0 bridgehead atoms. The fourth-order valence-corrected chi connectivity index (χ4v) is 1.10. The van der Waals surface area contributed by atoms with Crippen molar-refractivity contribution < 1.29 is 19.0 Å². The van der Waals surface area contributed by atoms with Gasteiger partial charge in [-0.15, -0.1) is 0 Å². The number of carbonyl (C=O) groups is 1. The summed E-state index contributed by atoms with van der Waals surface area (Å²) in [7, 11) is 0. The molecule has 0 unspecified atom stereocenters. The second kappa shape index (κ2) is 5.53. The van der Waals surface area contributed by atoms with E-state index in [1.165, 1.54) is 12.1 Å². The summed E-state index contributed by atoms with van der Waals surface area (Å²) in [6.45, 7) is -0.448. The molecule has 1 aromatic rings. The topological polar surface area (TPSA) is 58.6 Å². The molecule has 0 heterocycles. The van der Waals surface area contributed by atoms with Gasteiger partial charge in [-0.05, 0) is 12.1 Å². The van der Waals surface area contributed by atoms with E-state index in [1.807, 2.05) is 0 Å². The normalized spacial score (nSPS) is 9.80. The number of benzene rings is 1. The fraction of sp³-hybridized carbons (Fsp3) is 0.222. The highest BCUT2D eigenvalue weighted by Crippen LogP contribution is 2.24. The van der Waals surface area contributed by atoms with Gasteiger partial charge in [-0.3, -0.25) is 5.32 Å².